The molecule has 0 spiro atoms. The number of nitrogens with one attached hydrogen (secondary N) is 1. The fourth-order valence-electron chi connectivity index (χ4n) is 1.90. The number of hydrazine groups is 1. The third kappa shape index (κ3) is 3.46. The monoisotopic (exact) mass is 279 g/mol. The SMILES string of the molecule is NNC(=O)c1ccccc1OCC(=O)N1CCOCC1. The van der Waals surface area contributed by atoms with Crippen LogP contribution in [0.1, 0.15) is 10.4 Å². The first-order valence-electron chi connectivity index (χ1n) is 6.30. The number of amides is 2. The molecule has 0 aliphatic carbocycles. The second-order valence-electron chi connectivity index (χ2n) is 4.25. The Bertz CT molecular complexity index is 486. The van der Waals surface area contributed by atoms with Gasteiger partial charge in [0.2, 0.25) is 0 Å². The molecule has 108 valence electrons. The van der Waals surface area contributed by atoms with Gasteiger partial charge in [0.1, 0.15) is 5.75 Å². The lowest BCUT2D eigenvalue weighted by Gasteiger charge is -2.26. The molecule has 0 atom stereocenters. The average molecular weight is 279 g/mol. The van der Waals surface area contributed by atoms with Crippen molar-refractivity contribution in [2.45, 2.75) is 0 Å². The van der Waals surface area contributed by atoms with Crippen molar-refractivity contribution in [1.82, 2.24) is 10.3 Å². The number of nitrogen functional groups attached to an aromatic ring is 1. The van der Waals surface area contributed by atoms with Crippen LogP contribution >= 0.6 is 0 Å². The van der Waals surface area contributed by atoms with Crippen LogP contribution in [0.25, 0.3) is 0 Å². The molecule has 7 nitrogen and oxygen atoms in total. The predicted molar refractivity (Wildman–Crippen MR) is 71.0 cm³/mol. The van der Waals surface area contributed by atoms with Crippen molar-refractivity contribution < 1.29 is 19.1 Å². The van der Waals surface area contributed by atoms with Crippen LogP contribution in [0.5, 0.6) is 5.75 Å². The maximum Gasteiger partial charge on any atom is 0.268 e. The molecule has 2 amide bonds. The largest absolute Gasteiger partial charge is 0.483 e. The summed E-state index contributed by atoms with van der Waals surface area (Å²) >= 11 is 0. The molecule has 1 fully saturated rings. The quantitative estimate of drug-likeness (QED) is 0.441. The van der Waals surface area contributed by atoms with Crippen LogP contribution in [0.4, 0.5) is 0 Å². The number of para-hydroxylation sites is 1. The first kappa shape index (κ1) is 14.3. The Labute approximate surface area is 116 Å². The Morgan fingerprint density at radius 1 is 1.30 bits per heavy atom. The Hall–Kier alpha value is -2.12. The van der Waals surface area contributed by atoms with Gasteiger partial charge in [-0.3, -0.25) is 15.0 Å². The van der Waals surface area contributed by atoms with Gasteiger partial charge in [-0.15, -0.1) is 0 Å². The highest BCUT2D eigenvalue weighted by Gasteiger charge is 2.18. The number of hydrogen-bond donors (Lipinski definition) is 2. The van der Waals surface area contributed by atoms with E-state index in [4.69, 9.17) is 15.3 Å². The van der Waals surface area contributed by atoms with E-state index < -0.39 is 5.91 Å². The predicted octanol–water partition coefficient (Wildman–Crippen LogP) is -0.472. The van der Waals surface area contributed by atoms with Gasteiger partial charge in [-0.1, -0.05) is 12.1 Å². The molecule has 1 saturated heterocycles. The fraction of sp³-hybridized carbons (Fsp3) is 0.385. The van der Waals surface area contributed by atoms with Crippen LogP contribution in [-0.2, 0) is 9.53 Å². The van der Waals surface area contributed by atoms with E-state index in [1.54, 1.807) is 29.2 Å². The number of nitrogens with zero attached hydrogens (tertiary/aromatic N) is 1. The summed E-state index contributed by atoms with van der Waals surface area (Å²) < 4.78 is 10.6. The van der Waals surface area contributed by atoms with E-state index in [-0.39, 0.29) is 12.5 Å². The van der Waals surface area contributed by atoms with Crippen molar-refractivity contribution in [2.24, 2.45) is 5.84 Å². The number of benzene rings is 1. The molecule has 3 N–H and O–H groups in total. The maximum atomic E-state index is 11.9. The maximum absolute atomic E-state index is 11.9. The molecular formula is C13H17N3O4. The topological polar surface area (TPSA) is 93.9 Å². The van der Waals surface area contributed by atoms with Gasteiger partial charge in [-0.05, 0) is 12.1 Å². The zero-order chi connectivity index (χ0) is 14.4. The van der Waals surface area contributed by atoms with E-state index in [2.05, 4.69) is 0 Å². The van der Waals surface area contributed by atoms with Crippen molar-refractivity contribution in [3.63, 3.8) is 0 Å². The molecule has 0 saturated carbocycles. The van der Waals surface area contributed by atoms with Crippen LogP contribution in [0.2, 0.25) is 0 Å². The Morgan fingerprint density at radius 3 is 2.70 bits per heavy atom. The lowest BCUT2D eigenvalue weighted by atomic mass is 10.2. The van der Waals surface area contributed by atoms with E-state index >= 15 is 0 Å². The number of hydrogen-bond acceptors (Lipinski definition) is 5. The van der Waals surface area contributed by atoms with E-state index in [9.17, 15) is 9.59 Å². The minimum Gasteiger partial charge on any atom is -0.483 e. The van der Waals surface area contributed by atoms with Gasteiger partial charge in [-0.25, -0.2) is 5.84 Å². The summed E-state index contributed by atoms with van der Waals surface area (Å²) in [5, 5.41) is 0. The molecule has 20 heavy (non-hydrogen) atoms. The molecule has 0 aromatic heterocycles. The van der Waals surface area contributed by atoms with Crippen molar-refractivity contribution >= 4 is 11.8 Å². The van der Waals surface area contributed by atoms with E-state index in [0.29, 0.717) is 37.6 Å². The van der Waals surface area contributed by atoms with Gasteiger partial charge in [0.25, 0.3) is 11.8 Å². The fourth-order valence-corrected chi connectivity index (χ4v) is 1.90. The molecule has 1 aliphatic heterocycles. The van der Waals surface area contributed by atoms with Gasteiger partial charge in [-0.2, -0.15) is 0 Å². The zero-order valence-corrected chi connectivity index (χ0v) is 11.0. The molecule has 1 aromatic rings. The number of carbonyl (C=O) groups excluding carboxylic acids is 2. The second kappa shape index (κ2) is 6.88. The van der Waals surface area contributed by atoms with E-state index in [1.807, 2.05) is 5.43 Å². The molecule has 1 aromatic carbocycles. The third-order valence-electron chi connectivity index (χ3n) is 2.98. The summed E-state index contributed by atoms with van der Waals surface area (Å²) in [5.74, 6) is 4.84. The summed E-state index contributed by atoms with van der Waals surface area (Å²) in [4.78, 5) is 25.2. The third-order valence-corrected chi connectivity index (χ3v) is 2.98. The molecule has 0 unspecified atom stereocenters. The van der Waals surface area contributed by atoms with E-state index in [0.717, 1.165) is 0 Å². The first-order valence-corrected chi connectivity index (χ1v) is 6.30. The van der Waals surface area contributed by atoms with Crippen LogP contribution < -0.4 is 16.0 Å². The van der Waals surface area contributed by atoms with Crippen LogP contribution in [0.15, 0.2) is 24.3 Å². The van der Waals surface area contributed by atoms with Crippen LogP contribution in [0, 0.1) is 0 Å². The Morgan fingerprint density at radius 2 is 2.00 bits per heavy atom. The first-order chi connectivity index (χ1) is 9.72. The van der Waals surface area contributed by atoms with E-state index in [1.165, 1.54) is 0 Å². The summed E-state index contributed by atoms with van der Waals surface area (Å²) in [5.41, 5.74) is 2.34. The van der Waals surface area contributed by atoms with Gasteiger partial charge in [0.15, 0.2) is 6.61 Å². The second-order valence-corrected chi connectivity index (χ2v) is 4.25. The number of rotatable bonds is 4. The molecule has 0 bridgehead atoms. The summed E-state index contributed by atoms with van der Waals surface area (Å²) in [6, 6.07) is 6.62. The zero-order valence-electron chi connectivity index (χ0n) is 11.0. The molecular weight excluding hydrogens is 262 g/mol. The average Bonchev–Trinajstić information content (AvgIpc) is 2.53. The highest BCUT2D eigenvalue weighted by molar-refractivity contribution is 5.96. The van der Waals surface area contributed by atoms with Crippen molar-refractivity contribution in [3.05, 3.63) is 29.8 Å². The highest BCUT2D eigenvalue weighted by Crippen LogP contribution is 2.17. The molecule has 7 heteroatoms. The summed E-state index contributed by atoms with van der Waals surface area (Å²) in [6.45, 7) is 2.09. The number of morpholine rings is 1. The molecule has 2 rings (SSSR count). The van der Waals surface area contributed by atoms with Gasteiger partial charge in [0.05, 0.1) is 18.8 Å². The Balaban J connectivity index is 1.96. The van der Waals surface area contributed by atoms with Crippen LogP contribution in [0.3, 0.4) is 0 Å². The van der Waals surface area contributed by atoms with Crippen molar-refractivity contribution in [2.75, 3.05) is 32.9 Å². The standard InChI is InChI=1S/C13H17N3O4/c14-15-13(18)10-3-1-2-4-11(10)20-9-12(17)16-5-7-19-8-6-16/h1-4H,5-9,14H2,(H,15,18). The molecule has 0 radical (unpaired) electrons. The number of ether oxygens (including phenoxy) is 2. The smallest absolute Gasteiger partial charge is 0.268 e. The number of carbonyl (C=O) groups is 2. The van der Waals surface area contributed by atoms with Gasteiger partial charge >= 0.3 is 0 Å². The Kier molecular flexibility index (Phi) is 4.91. The lowest BCUT2D eigenvalue weighted by molar-refractivity contribution is -0.137. The molecule has 1 aliphatic rings. The number of nitrogens with two attached hydrogens (primary N) is 1. The summed E-state index contributed by atoms with van der Waals surface area (Å²) in [7, 11) is 0. The highest BCUT2D eigenvalue weighted by atomic mass is 16.5. The van der Waals surface area contributed by atoms with Crippen molar-refractivity contribution in [1.29, 1.82) is 0 Å². The molecule has 1 heterocycles. The van der Waals surface area contributed by atoms with Gasteiger partial charge < -0.3 is 14.4 Å². The normalized spacial score (nSPS) is 14.8. The van der Waals surface area contributed by atoms with Gasteiger partial charge in [0, 0.05) is 13.1 Å². The lowest BCUT2D eigenvalue weighted by Crippen LogP contribution is -2.43. The summed E-state index contributed by atoms with van der Waals surface area (Å²) in [6.07, 6.45) is 0. The van der Waals surface area contributed by atoms with Crippen molar-refractivity contribution in [3.8, 4) is 5.75 Å². The minimum absolute atomic E-state index is 0.116. The van der Waals surface area contributed by atoms with Crippen LogP contribution in [-0.4, -0.2) is 49.6 Å². The minimum atomic E-state index is -0.459.